The van der Waals surface area contributed by atoms with Crippen LogP contribution in [0.3, 0.4) is 0 Å². The molecule has 0 radical (unpaired) electrons. The van der Waals surface area contributed by atoms with E-state index in [1.165, 1.54) is 12.1 Å². The summed E-state index contributed by atoms with van der Waals surface area (Å²) in [5.74, 6) is -0.997. The molecule has 0 aromatic heterocycles. The van der Waals surface area contributed by atoms with Crippen LogP contribution in [0, 0.1) is 6.92 Å². The maximum atomic E-state index is 12.4. The third kappa shape index (κ3) is 3.92. The molecule has 0 aliphatic rings. The Morgan fingerprint density at radius 2 is 1.67 bits per heavy atom. The highest BCUT2D eigenvalue weighted by Gasteiger charge is 2.16. The quantitative estimate of drug-likeness (QED) is 0.921. The van der Waals surface area contributed by atoms with Crippen molar-refractivity contribution in [1.82, 2.24) is 0 Å². The highest BCUT2D eigenvalue weighted by Crippen LogP contribution is 2.19. The van der Waals surface area contributed by atoms with Crippen LogP contribution in [0.4, 0.5) is 0 Å². The van der Waals surface area contributed by atoms with Crippen molar-refractivity contribution in [3.63, 3.8) is 0 Å². The summed E-state index contributed by atoms with van der Waals surface area (Å²) in [6, 6.07) is 13.4. The van der Waals surface area contributed by atoms with Gasteiger partial charge >= 0.3 is 5.97 Å². The fourth-order valence-corrected chi connectivity index (χ4v) is 3.50. The van der Waals surface area contributed by atoms with Crippen molar-refractivity contribution in [2.75, 3.05) is 0 Å². The van der Waals surface area contributed by atoms with E-state index in [0.717, 1.165) is 11.1 Å². The zero-order valence-corrected chi connectivity index (χ0v) is 12.4. The minimum absolute atomic E-state index is 0.0576. The molecule has 0 spiro atoms. The number of hydrogen-bond donors (Lipinski definition) is 1. The molecular formula is C16H16O4S. The van der Waals surface area contributed by atoms with E-state index in [1.54, 1.807) is 18.2 Å². The van der Waals surface area contributed by atoms with Crippen LogP contribution in [0.2, 0.25) is 0 Å². The predicted octanol–water partition coefficient (Wildman–Crippen LogP) is 2.60. The van der Waals surface area contributed by atoms with Gasteiger partial charge < -0.3 is 5.11 Å². The first-order chi connectivity index (χ1) is 9.88. The van der Waals surface area contributed by atoms with Crippen LogP contribution in [0.25, 0.3) is 0 Å². The number of carboxylic acids is 1. The summed E-state index contributed by atoms with van der Waals surface area (Å²) in [7, 11) is -3.43. The number of aliphatic carboxylic acids is 1. The first kappa shape index (κ1) is 15.3. The van der Waals surface area contributed by atoms with E-state index in [-0.39, 0.29) is 17.1 Å². The molecule has 4 nitrogen and oxygen atoms in total. The van der Waals surface area contributed by atoms with E-state index >= 15 is 0 Å². The van der Waals surface area contributed by atoms with Crippen molar-refractivity contribution >= 4 is 15.8 Å². The summed E-state index contributed by atoms with van der Waals surface area (Å²) in [6.07, 6.45) is -0.113. The van der Waals surface area contributed by atoms with Crippen LogP contribution in [-0.2, 0) is 26.8 Å². The Hall–Kier alpha value is -2.14. The molecule has 0 unspecified atom stereocenters. The van der Waals surface area contributed by atoms with Gasteiger partial charge in [-0.25, -0.2) is 8.42 Å². The van der Waals surface area contributed by atoms with Gasteiger partial charge in [0.15, 0.2) is 9.84 Å². The number of carbonyl (C=O) groups is 1. The van der Waals surface area contributed by atoms with Crippen molar-refractivity contribution in [1.29, 1.82) is 0 Å². The number of hydrogen-bond acceptors (Lipinski definition) is 3. The van der Waals surface area contributed by atoms with E-state index in [0.29, 0.717) is 5.56 Å². The molecule has 1 N–H and O–H groups in total. The van der Waals surface area contributed by atoms with E-state index in [2.05, 4.69) is 0 Å². The van der Waals surface area contributed by atoms with Gasteiger partial charge in [0.1, 0.15) is 0 Å². The molecule has 5 heteroatoms. The summed E-state index contributed by atoms with van der Waals surface area (Å²) in [6.45, 7) is 1.88. The van der Waals surface area contributed by atoms with Crippen LogP contribution in [0.1, 0.15) is 16.7 Å². The zero-order chi connectivity index (χ0) is 15.5. The van der Waals surface area contributed by atoms with Crippen molar-refractivity contribution in [3.8, 4) is 0 Å². The normalized spacial score (nSPS) is 11.3. The highest BCUT2D eigenvalue weighted by atomic mass is 32.2. The van der Waals surface area contributed by atoms with Gasteiger partial charge in [0.2, 0.25) is 0 Å². The molecule has 0 bridgehead atoms. The van der Waals surface area contributed by atoms with Gasteiger partial charge in [-0.2, -0.15) is 0 Å². The lowest BCUT2D eigenvalue weighted by Crippen LogP contribution is -2.07. The van der Waals surface area contributed by atoms with Crippen molar-refractivity contribution in [3.05, 3.63) is 65.2 Å². The summed E-state index contributed by atoms with van der Waals surface area (Å²) in [4.78, 5) is 10.8. The summed E-state index contributed by atoms with van der Waals surface area (Å²) in [5, 5.41) is 8.70. The molecule has 2 aromatic carbocycles. The van der Waals surface area contributed by atoms with Gasteiger partial charge in [-0.3, -0.25) is 4.79 Å². The Morgan fingerprint density at radius 3 is 2.24 bits per heavy atom. The standard InChI is InChI=1S/C16H16O4S/c1-12-4-2-3-5-14(12)11-21(19,20)15-8-6-13(7-9-15)10-16(17)18/h2-9H,10-11H2,1H3,(H,17,18). The molecule has 0 fully saturated rings. The third-order valence-electron chi connectivity index (χ3n) is 3.24. The smallest absolute Gasteiger partial charge is 0.307 e. The number of rotatable bonds is 5. The van der Waals surface area contributed by atoms with Crippen LogP contribution >= 0.6 is 0 Å². The molecule has 0 saturated heterocycles. The largest absolute Gasteiger partial charge is 0.481 e. The van der Waals surface area contributed by atoms with Gasteiger partial charge in [0, 0.05) is 0 Å². The van der Waals surface area contributed by atoms with E-state index in [9.17, 15) is 13.2 Å². The first-order valence-electron chi connectivity index (χ1n) is 6.46. The minimum Gasteiger partial charge on any atom is -0.481 e. The molecule has 2 rings (SSSR count). The average Bonchev–Trinajstić information content (AvgIpc) is 2.41. The van der Waals surface area contributed by atoms with Gasteiger partial charge in [0.05, 0.1) is 17.1 Å². The molecule has 2 aromatic rings. The summed E-state index contributed by atoms with van der Waals surface area (Å²) >= 11 is 0. The second-order valence-corrected chi connectivity index (χ2v) is 6.89. The fourth-order valence-electron chi connectivity index (χ4n) is 2.05. The molecular weight excluding hydrogens is 288 g/mol. The highest BCUT2D eigenvalue weighted by molar-refractivity contribution is 7.90. The molecule has 21 heavy (non-hydrogen) atoms. The Bertz CT molecular complexity index is 746. The maximum Gasteiger partial charge on any atom is 0.307 e. The number of sulfone groups is 1. The molecule has 0 saturated carbocycles. The number of benzene rings is 2. The second kappa shape index (κ2) is 6.10. The SMILES string of the molecule is Cc1ccccc1CS(=O)(=O)c1ccc(CC(=O)O)cc1. The van der Waals surface area contributed by atoms with Crippen molar-refractivity contribution < 1.29 is 18.3 Å². The van der Waals surface area contributed by atoms with Crippen LogP contribution < -0.4 is 0 Å². The number of carboxylic acid groups (broad SMARTS) is 1. The first-order valence-corrected chi connectivity index (χ1v) is 8.12. The van der Waals surface area contributed by atoms with E-state index in [1.807, 2.05) is 25.1 Å². The Labute approximate surface area is 124 Å². The molecule has 0 atom stereocenters. The second-order valence-electron chi connectivity index (χ2n) is 4.90. The topological polar surface area (TPSA) is 71.4 Å². The van der Waals surface area contributed by atoms with Crippen molar-refractivity contribution in [2.24, 2.45) is 0 Å². The Balaban J connectivity index is 2.24. The summed E-state index contributed by atoms with van der Waals surface area (Å²) in [5.41, 5.74) is 2.29. The van der Waals surface area contributed by atoms with Crippen LogP contribution in [0.5, 0.6) is 0 Å². The lowest BCUT2D eigenvalue weighted by Gasteiger charge is -2.08. The van der Waals surface area contributed by atoms with Gasteiger partial charge in [-0.15, -0.1) is 0 Å². The lowest BCUT2D eigenvalue weighted by atomic mass is 10.1. The van der Waals surface area contributed by atoms with Crippen LogP contribution in [-0.4, -0.2) is 19.5 Å². The number of aryl methyl sites for hydroxylation is 1. The van der Waals surface area contributed by atoms with Gasteiger partial charge in [0.25, 0.3) is 0 Å². The molecule has 0 amide bonds. The van der Waals surface area contributed by atoms with Crippen LogP contribution in [0.15, 0.2) is 53.4 Å². The molecule has 0 aliphatic carbocycles. The molecule has 0 heterocycles. The average molecular weight is 304 g/mol. The summed E-state index contributed by atoms with van der Waals surface area (Å²) < 4.78 is 24.7. The lowest BCUT2D eigenvalue weighted by molar-refractivity contribution is -0.136. The predicted molar refractivity (Wildman–Crippen MR) is 79.9 cm³/mol. The van der Waals surface area contributed by atoms with E-state index in [4.69, 9.17) is 5.11 Å². The molecule has 110 valence electrons. The molecule has 0 aliphatic heterocycles. The maximum absolute atomic E-state index is 12.4. The zero-order valence-electron chi connectivity index (χ0n) is 11.6. The Morgan fingerprint density at radius 1 is 1.05 bits per heavy atom. The fraction of sp³-hybridized carbons (Fsp3) is 0.188. The minimum atomic E-state index is -3.43. The van der Waals surface area contributed by atoms with Crippen molar-refractivity contribution in [2.45, 2.75) is 24.0 Å². The third-order valence-corrected chi connectivity index (χ3v) is 4.93. The Kier molecular flexibility index (Phi) is 4.43. The monoisotopic (exact) mass is 304 g/mol. The van der Waals surface area contributed by atoms with Gasteiger partial charge in [-0.1, -0.05) is 36.4 Å². The van der Waals surface area contributed by atoms with Gasteiger partial charge in [-0.05, 0) is 35.7 Å². The van der Waals surface area contributed by atoms with E-state index < -0.39 is 15.8 Å².